The van der Waals surface area contributed by atoms with Crippen LogP contribution < -0.4 is 10.1 Å². The van der Waals surface area contributed by atoms with Crippen molar-refractivity contribution < 1.29 is 19.1 Å². The highest BCUT2D eigenvalue weighted by Crippen LogP contribution is 2.35. The SMILES string of the molecule is COc1ccccc1C(C)(CNC(=O)c1c(C)c(-c2ccccc2)nc2ccc(Br)cc12)C(=O)OC(C)(C)C. The summed E-state index contributed by atoms with van der Waals surface area (Å²) in [5, 5.41) is 3.77. The zero-order valence-electron chi connectivity index (χ0n) is 23.1. The molecule has 0 saturated carbocycles. The Balaban J connectivity index is 1.79. The molecule has 0 saturated heterocycles. The van der Waals surface area contributed by atoms with E-state index < -0.39 is 17.0 Å². The van der Waals surface area contributed by atoms with Gasteiger partial charge in [-0.2, -0.15) is 0 Å². The van der Waals surface area contributed by atoms with Crippen LogP contribution >= 0.6 is 15.9 Å². The van der Waals surface area contributed by atoms with E-state index in [2.05, 4.69) is 21.2 Å². The average molecular weight is 590 g/mol. The van der Waals surface area contributed by atoms with Gasteiger partial charge in [-0.05, 0) is 64.4 Å². The van der Waals surface area contributed by atoms with Gasteiger partial charge in [0, 0.05) is 27.5 Å². The van der Waals surface area contributed by atoms with E-state index in [0.717, 1.165) is 26.7 Å². The van der Waals surface area contributed by atoms with Crippen LogP contribution in [0.1, 0.15) is 49.2 Å². The van der Waals surface area contributed by atoms with E-state index in [9.17, 15) is 9.59 Å². The molecule has 0 spiro atoms. The third-order valence-corrected chi connectivity index (χ3v) is 7.11. The molecule has 1 aromatic heterocycles. The Kier molecular flexibility index (Phi) is 8.12. The standard InChI is InChI=1S/C32H33BrN2O4/c1-20-27(23-18-22(33)16-17-25(23)35-28(20)21-12-8-7-9-13-21)29(36)34-19-32(5,30(37)39-31(2,3)4)24-14-10-11-15-26(24)38-6/h7-18H,19H2,1-6H3,(H,34,36). The first-order chi connectivity index (χ1) is 18.4. The molecule has 4 aromatic rings. The quantitative estimate of drug-likeness (QED) is 0.235. The molecular formula is C32H33BrN2O4. The first kappa shape index (κ1) is 28.3. The van der Waals surface area contributed by atoms with Crippen LogP contribution in [0.4, 0.5) is 0 Å². The fraction of sp³-hybridized carbons (Fsp3) is 0.281. The Hall–Kier alpha value is -3.71. The van der Waals surface area contributed by atoms with Crippen molar-refractivity contribution in [1.29, 1.82) is 0 Å². The van der Waals surface area contributed by atoms with Gasteiger partial charge in [0.2, 0.25) is 0 Å². The summed E-state index contributed by atoms with van der Waals surface area (Å²) in [5.41, 5.74) is 2.32. The van der Waals surface area contributed by atoms with Gasteiger partial charge >= 0.3 is 5.97 Å². The van der Waals surface area contributed by atoms with Crippen molar-refractivity contribution in [2.75, 3.05) is 13.7 Å². The largest absolute Gasteiger partial charge is 0.496 e. The second-order valence-corrected chi connectivity index (χ2v) is 11.6. The highest BCUT2D eigenvalue weighted by Gasteiger charge is 2.41. The van der Waals surface area contributed by atoms with Crippen LogP contribution in [0.5, 0.6) is 5.75 Å². The van der Waals surface area contributed by atoms with Crippen LogP contribution in [0.15, 0.2) is 77.3 Å². The van der Waals surface area contributed by atoms with Gasteiger partial charge in [-0.15, -0.1) is 0 Å². The normalized spacial score (nSPS) is 13.0. The molecule has 7 heteroatoms. The van der Waals surface area contributed by atoms with E-state index in [0.29, 0.717) is 22.4 Å². The van der Waals surface area contributed by atoms with Crippen LogP contribution in [0, 0.1) is 6.92 Å². The minimum absolute atomic E-state index is 0.000943. The number of halogens is 1. The summed E-state index contributed by atoms with van der Waals surface area (Å²) in [6.07, 6.45) is 0. The Morgan fingerprint density at radius 2 is 1.62 bits per heavy atom. The molecule has 0 bridgehead atoms. The number of benzene rings is 3. The van der Waals surface area contributed by atoms with Crippen molar-refractivity contribution in [3.63, 3.8) is 0 Å². The van der Waals surface area contributed by atoms with Crippen molar-refractivity contribution in [3.05, 3.63) is 94.0 Å². The number of carbonyl (C=O) groups is 2. The fourth-order valence-corrected chi connectivity index (χ4v) is 4.98. The molecule has 39 heavy (non-hydrogen) atoms. The molecule has 1 unspecified atom stereocenters. The van der Waals surface area contributed by atoms with Gasteiger partial charge in [0.1, 0.15) is 16.8 Å². The number of fused-ring (bicyclic) bond motifs is 1. The van der Waals surface area contributed by atoms with Gasteiger partial charge in [0.05, 0.1) is 23.9 Å². The molecule has 1 amide bonds. The van der Waals surface area contributed by atoms with Gasteiger partial charge in [-0.3, -0.25) is 9.59 Å². The number of pyridine rings is 1. The summed E-state index contributed by atoms with van der Waals surface area (Å²) in [7, 11) is 1.56. The minimum atomic E-state index is -1.21. The van der Waals surface area contributed by atoms with Gasteiger partial charge in [-0.25, -0.2) is 4.98 Å². The molecule has 0 radical (unpaired) electrons. The number of carbonyl (C=O) groups excluding carboxylic acids is 2. The maximum absolute atomic E-state index is 14.0. The van der Waals surface area contributed by atoms with Crippen LogP contribution in [0.2, 0.25) is 0 Å². The lowest BCUT2D eigenvalue weighted by atomic mass is 9.81. The van der Waals surface area contributed by atoms with Crippen LogP contribution in [-0.4, -0.2) is 36.1 Å². The molecule has 0 aliphatic rings. The number of amides is 1. The molecule has 6 nitrogen and oxygen atoms in total. The Morgan fingerprint density at radius 3 is 2.28 bits per heavy atom. The smallest absolute Gasteiger partial charge is 0.318 e. The lowest BCUT2D eigenvalue weighted by Crippen LogP contribution is -2.47. The molecule has 3 aromatic carbocycles. The fourth-order valence-electron chi connectivity index (χ4n) is 4.61. The van der Waals surface area contributed by atoms with Crippen LogP contribution in [0.25, 0.3) is 22.2 Å². The molecule has 0 aliphatic carbocycles. The maximum Gasteiger partial charge on any atom is 0.318 e. The summed E-state index contributed by atoms with van der Waals surface area (Å²) < 4.78 is 12.2. The molecule has 1 heterocycles. The van der Waals surface area contributed by atoms with Crippen molar-refractivity contribution in [3.8, 4) is 17.0 Å². The zero-order valence-corrected chi connectivity index (χ0v) is 24.7. The molecule has 0 fully saturated rings. The van der Waals surface area contributed by atoms with Crippen molar-refractivity contribution in [2.24, 2.45) is 0 Å². The summed E-state index contributed by atoms with van der Waals surface area (Å²) in [4.78, 5) is 32.5. The number of esters is 1. The number of nitrogens with one attached hydrogen (secondary N) is 1. The van der Waals surface area contributed by atoms with E-state index in [4.69, 9.17) is 14.5 Å². The molecular weight excluding hydrogens is 556 g/mol. The van der Waals surface area contributed by atoms with Gasteiger partial charge in [0.25, 0.3) is 5.91 Å². The first-order valence-corrected chi connectivity index (χ1v) is 13.5. The summed E-state index contributed by atoms with van der Waals surface area (Å²) >= 11 is 3.53. The second-order valence-electron chi connectivity index (χ2n) is 10.7. The monoisotopic (exact) mass is 588 g/mol. The van der Waals surface area contributed by atoms with Crippen molar-refractivity contribution in [1.82, 2.24) is 10.3 Å². The number of ether oxygens (including phenoxy) is 2. The summed E-state index contributed by atoms with van der Waals surface area (Å²) in [6, 6.07) is 22.8. The zero-order chi connectivity index (χ0) is 28.4. The van der Waals surface area contributed by atoms with Crippen LogP contribution in [-0.2, 0) is 14.9 Å². The van der Waals surface area contributed by atoms with E-state index in [1.807, 2.05) is 94.4 Å². The van der Waals surface area contributed by atoms with E-state index in [1.165, 1.54) is 0 Å². The van der Waals surface area contributed by atoms with E-state index in [-0.39, 0.29) is 12.5 Å². The Labute approximate surface area is 237 Å². The van der Waals surface area contributed by atoms with Gasteiger partial charge in [-0.1, -0.05) is 64.5 Å². The predicted octanol–water partition coefficient (Wildman–Crippen LogP) is 7.01. The molecule has 202 valence electrons. The number of aromatic nitrogens is 1. The third-order valence-electron chi connectivity index (χ3n) is 6.62. The van der Waals surface area contributed by atoms with E-state index in [1.54, 1.807) is 20.1 Å². The number of para-hydroxylation sites is 1. The predicted molar refractivity (Wildman–Crippen MR) is 158 cm³/mol. The number of methoxy groups -OCH3 is 1. The Bertz CT molecular complexity index is 1530. The molecule has 1 N–H and O–H groups in total. The van der Waals surface area contributed by atoms with Gasteiger partial charge < -0.3 is 14.8 Å². The van der Waals surface area contributed by atoms with Gasteiger partial charge in [0.15, 0.2) is 0 Å². The summed E-state index contributed by atoms with van der Waals surface area (Å²) in [5.74, 6) is -0.218. The number of rotatable bonds is 7. The highest BCUT2D eigenvalue weighted by molar-refractivity contribution is 9.10. The van der Waals surface area contributed by atoms with Crippen LogP contribution in [0.3, 0.4) is 0 Å². The third kappa shape index (κ3) is 5.98. The molecule has 1 atom stereocenters. The lowest BCUT2D eigenvalue weighted by molar-refractivity contribution is -0.161. The topological polar surface area (TPSA) is 77.5 Å². The number of hydrogen-bond acceptors (Lipinski definition) is 5. The average Bonchev–Trinajstić information content (AvgIpc) is 2.90. The highest BCUT2D eigenvalue weighted by atomic mass is 79.9. The lowest BCUT2D eigenvalue weighted by Gasteiger charge is -2.33. The van der Waals surface area contributed by atoms with E-state index >= 15 is 0 Å². The Morgan fingerprint density at radius 1 is 0.949 bits per heavy atom. The molecule has 0 aliphatic heterocycles. The second kappa shape index (κ2) is 11.2. The maximum atomic E-state index is 14.0. The molecule has 4 rings (SSSR count). The number of nitrogens with zero attached hydrogens (tertiary/aromatic N) is 1. The van der Waals surface area contributed by atoms with Crippen molar-refractivity contribution in [2.45, 2.75) is 45.6 Å². The minimum Gasteiger partial charge on any atom is -0.496 e. The summed E-state index contributed by atoms with van der Waals surface area (Å²) in [6.45, 7) is 9.13. The first-order valence-electron chi connectivity index (χ1n) is 12.7. The number of hydrogen-bond donors (Lipinski definition) is 1. The van der Waals surface area contributed by atoms with Crippen molar-refractivity contribution >= 4 is 38.7 Å².